The number of non-ortho nitro benzene ring substituents is 2. The second-order valence-electron chi connectivity index (χ2n) is 3.40. The Bertz CT molecular complexity index is 632. The molecule has 6 nitrogen and oxygen atoms in total. The number of fused-ring (bicyclic) bond motifs is 1. The summed E-state index contributed by atoms with van der Waals surface area (Å²) in [5.41, 5.74) is -0.799. The fourth-order valence-corrected chi connectivity index (χ4v) is 2.25. The number of nitrogens with zero attached hydrogens (tertiary/aromatic N) is 2. The van der Waals surface area contributed by atoms with Crippen LogP contribution in [0, 0.1) is 20.2 Å². The van der Waals surface area contributed by atoms with Gasteiger partial charge in [0.05, 0.1) is 19.9 Å². The van der Waals surface area contributed by atoms with Crippen LogP contribution >= 0.6 is 23.2 Å². The monoisotopic (exact) mass is 286 g/mol. The Hall–Kier alpha value is -1.92. The number of nitro benzene ring substituents is 2. The quantitative estimate of drug-likeness (QED) is 0.617. The first-order chi connectivity index (χ1) is 8.43. The molecule has 0 saturated heterocycles. The first-order valence-electron chi connectivity index (χ1n) is 4.63. The maximum absolute atomic E-state index is 10.9. The summed E-state index contributed by atoms with van der Waals surface area (Å²) in [6, 6.07) is 4.82. The van der Waals surface area contributed by atoms with Gasteiger partial charge in [0.25, 0.3) is 11.4 Å². The molecule has 2 rings (SSSR count). The fourth-order valence-electron chi connectivity index (χ4n) is 1.68. The lowest BCUT2D eigenvalue weighted by Crippen LogP contribution is -1.95. The molecular formula is C10H4Cl2N2O4. The Morgan fingerprint density at radius 1 is 0.778 bits per heavy atom. The van der Waals surface area contributed by atoms with Crippen molar-refractivity contribution in [1.82, 2.24) is 0 Å². The summed E-state index contributed by atoms with van der Waals surface area (Å²) in [7, 11) is 0. The molecule has 0 aromatic heterocycles. The van der Waals surface area contributed by atoms with E-state index in [2.05, 4.69) is 0 Å². The molecule has 0 fully saturated rings. The third-order valence-corrected chi connectivity index (χ3v) is 3.04. The van der Waals surface area contributed by atoms with Gasteiger partial charge in [0, 0.05) is 17.5 Å². The van der Waals surface area contributed by atoms with E-state index in [9.17, 15) is 20.2 Å². The minimum atomic E-state index is -0.706. The van der Waals surface area contributed by atoms with E-state index in [0.717, 1.165) is 12.1 Å². The van der Waals surface area contributed by atoms with E-state index in [4.69, 9.17) is 23.2 Å². The molecule has 92 valence electrons. The largest absolute Gasteiger partial charge is 0.284 e. The Labute approximate surface area is 110 Å². The van der Waals surface area contributed by atoms with Gasteiger partial charge in [0.2, 0.25) is 0 Å². The topological polar surface area (TPSA) is 86.3 Å². The van der Waals surface area contributed by atoms with Crippen LogP contribution in [0.1, 0.15) is 0 Å². The highest BCUT2D eigenvalue weighted by Gasteiger charge is 2.25. The van der Waals surface area contributed by atoms with E-state index >= 15 is 0 Å². The Kier molecular flexibility index (Phi) is 3.06. The average molecular weight is 287 g/mol. The maximum Gasteiger partial charge on any atom is 0.284 e. The lowest BCUT2D eigenvalue weighted by molar-refractivity contribution is -0.390. The van der Waals surface area contributed by atoms with Crippen molar-refractivity contribution in [2.75, 3.05) is 0 Å². The molecule has 0 bridgehead atoms. The van der Waals surface area contributed by atoms with E-state index < -0.39 is 21.2 Å². The van der Waals surface area contributed by atoms with E-state index in [1.165, 1.54) is 12.1 Å². The van der Waals surface area contributed by atoms with Crippen LogP contribution in [0.2, 0.25) is 10.0 Å². The third kappa shape index (κ3) is 1.85. The van der Waals surface area contributed by atoms with Crippen molar-refractivity contribution in [3.8, 4) is 0 Å². The van der Waals surface area contributed by atoms with Crippen molar-refractivity contribution in [2.45, 2.75) is 0 Å². The average Bonchev–Trinajstić information content (AvgIpc) is 2.28. The van der Waals surface area contributed by atoms with Crippen molar-refractivity contribution < 1.29 is 9.85 Å². The lowest BCUT2D eigenvalue weighted by atomic mass is 10.1. The molecule has 0 unspecified atom stereocenters. The minimum absolute atomic E-state index is 0.113. The van der Waals surface area contributed by atoms with Gasteiger partial charge in [-0.25, -0.2) is 0 Å². The van der Waals surface area contributed by atoms with Crippen LogP contribution in [0.3, 0.4) is 0 Å². The predicted molar refractivity (Wildman–Crippen MR) is 67.3 cm³/mol. The highest BCUT2D eigenvalue weighted by Crippen LogP contribution is 2.41. The van der Waals surface area contributed by atoms with E-state index in [0.29, 0.717) is 0 Å². The molecule has 0 spiro atoms. The highest BCUT2D eigenvalue weighted by molar-refractivity contribution is 6.43. The van der Waals surface area contributed by atoms with Crippen LogP contribution in [-0.2, 0) is 0 Å². The minimum Gasteiger partial charge on any atom is -0.258 e. The van der Waals surface area contributed by atoms with Gasteiger partial charge in [0.1, 0.15) is 5.39 Å². The van der Waals surface area contributed by atoms with Gasteiger partial charge in [-0.3, -0.25) is 20.2 Å². The lowest BCUT2D eigenvalue weighted by Gasteiger charge is -2.04. The smallest absolute Gasteiger partial charge is 0.258 e. The Morgan fingerprint density at radius 3 is 1.50 bits per heavy atom. The van der Waals surface area contributed by atoms with Crippen LogP contribution in [0.5, 0.6) is 0 Å². The molecule has 0 amide bonds. The number of halogens is 2. The molecule has 0 aliphatic rings. The van der Waals surface area contributed by atoms with Gasteiger partial charge in [-0.15, -0.1) is 0 Å². The van der Waals surface area contributed by atoms with Crippen molar-refractivity contribution >= 4 is 45.3 Å². The molecule has 2 aromatic rings. The van der Waals surface area contributed by atoms with Crippen molar-refractivity contribution in [3.05, 3.63) is 54.5 Å². The molecule has 8 heteroatoms. The number of rotatable bonds is 2. The first kappa shape index (κ1) is 12.5. The number of hydrogen-bond acceptors (Lipinski definition) is 4. The van der Waals surface area contributed by atoms with E-state index in [1.54, 1.807) is 0 Å². The normalized spacial score (nSPS) is 10.6. The number of hydrogen-bond donors (Lipinski definition) is 0. The van der Waals surface area contributed by atoms with Gasteiger partial charge < -0.3 is 0 Å². The van der Waals surface area contributed by atoms with Gasteiger partial charge in [-0.05, 0) is 12.1 Å². The summed E-state index contributed by atoms with van der Waals surface area (Å²) in [6.07, 6.45) is 0. The zero-order valence-corrected chi connectivity index (χ0v) is 10.1. The van der Waals surface area contributed by atoms with Gasteiger partial charge in [0.15, 0.2) is 0 Å². The second kappa shape index (κ2) is 4.40. The van der Waals surface area contributed by atoms with Crippen LogP contribution in [-0.4, -0.2) is 9.85 Å². The molecule has 18 heavy (non-hydrogen) atoms. The SMILES string of the molecule is O=[N+]([O-])c1ccc(Cl)c2c(Cl)ccc([N+](=O)[O-])c12. The molecule has 0 aliphatic heterocycles. The molecule has 0 saturated carbocycles. The zero-order valence-electron chi connectivity index (χ0n) is 8.59. The molecule has 2 aromatic carbocycles. The second-order valence-corrected chi connectivity index (χ2v) is 4.21. The third-order valence-electron chi connectivity index (χ3n) is 2.41. The van der Waals surface area contributed by atoms with Crippen LogP contribution in [0.15, 0.2) is 24.3 Å². The van der Waals surface area contributed by atoms with Crippen LogP contribution < -0.4 is 0 Å². The zero-order chi connectivity index (χ0) is 13.4. The van der Waals surface area contributed by atoms with E-state index in [-0.39, 0.29) is 20.8 Å². The number of benzene rings is 2. The summed E-state index contributed by atoms with van der Waals surface area (Å²) in [4.78, 5) is 20.4. The molecule has 0 radical (unpaired) electrons. The summed E-state index contributed by atoms with van der Waals surface area (Å²) in [6.45, 7) is 0. The van der Waals surface area contributed by atoms with Crippen molar-refractivity contribution in [2.24, 2.45) is 0 Å². The van der Waals surface area contributed by atoms with Crippen LogP contribution in [0.4, 0.5) is 11.4 Å². The maximum atomic E-state index is 10.9. The van der Waals surface area contributed by atoms with Crippen LogP contribution in [0.25, 0.3) is 10.8 Å². The summed E-state index contributed by atoms with van der Waals surface area (Å²) in [5, 5.41) is 22.0. The van der Waals surface area contributed by atoms with Crippen molar-refractivity contribution in [3.63, 3.8) is 0 Å². The summed E-state index contributed by atoms with van der Waals surface area (Å²) < 4.78 is 0. The first-order valence-corrected chi connectivity index (χ1v) is 5.38. The molecular weight excluding hydrogens is 283 g/mol. The van der Waals surface area contributed by atoms with Gasteiger partial charge in [-0.2, -0.15) is 0 Å². The van der Waals surface area contributed by atoms with Gasteiger partial charge >= 0.3 is 0 Å². The summed E-state index contributed by atoms with van der Waals surface area (Å²) in [5.74, 6) is 0. The standard InChI is InChI=1S/C10H4Cl2N2O4/c11-5-1-3-7(13(15)16)10-8(14(17)18)4-2-6(12)9(5)10/h1-4H. The number of nitro groups is 2. The highest BCUT2D eigenvalue weighted by atomic mass is 35.5. The summed E-state index contributed by atoms with van der Waals surface area (Å²) >= 11 is 11.8. The predicted octanol–water partition coefficient (Wildman–Crippen LogP) is 3.96. The fraction of sp³-hybridized carbons (Fsp3) is 0. The van der Waals surface area contributed by atoms with E-state index in [1.807, 2.05) is 0 Å². The molecule has 0 heterocycles. The molecule has 0 atom stereocenters. The molecule has 0 N–H and O–H groups in total. The Morgan fingerprint density at radius 2 is 1.17 bits per heavy atom. The Balaban J connectivity index is 3.06. The molecule has 0 aliphatic carbocycles. The van der Waals surface area contributed by atoms with Crippen molar-refractivity contribution in [1.29, 1.82) is 0 Å². The van der Waals surface area contributed by atoms with Gasteiger partial charge in [-0.1, -0.05) is 23.2 Å².